The summed E-state index contributed by atoms with van der Waals surface area (Å²) in [6.07, 6.45) is 0. The van der Waals surface area contributed by atoms with Gasteiger partial charge >= 0.3 is 0 Å². The Balaban J connectivity index is 2.05. The largest absolute Gasteiger partial charge is 0.489 e. The van der Waals surface area contributed by atoms with Crippen LogP contribution < -0.4 is 4.74 Å². The van der Waals surface area contributed by atoms with Crippen molar-refractivity contribution in [1.82, 2.24) is 0 Å². The number of halogens is 3. The molecule has 0 aliphatic heterocycles. The highest BCUT2D eigenvalue weighted by atomic mass is 35.5. The molecule has 1 nitrogen and oxygen atoms in total. The molecule has 0 aromatic heterocycles. The maximum absolute atomic E-state index is 13.3. The molecule has 20 heavy (non-hydrogen) atoms. The maximum atomic E-state index is 13.3. The predicted molar refractivity (Wildman–Crippen MR) is 79.8 cm³/mol. The second kappa shape index (κ2) is 7.19. The van der Waals surface area contributed by atoms with E-state index >= 15 is 0 Å². The molecule has 4 heteroatoms. The molecular weight excluding hydrogens is 298 g/mol. The number of hydrogen-bond acceptors (Lipinski definition) is 1. The summed E-state index contributed by atoms with van der Waals surface area (Å²) in [7, 11) is 0. The molecule has 2 aromatic rings. The van der Waals surface area contributed by atoms with Crippen molar-refractivity contribution in [1.29, 1.82) is 0 Å². The third-order valence-electron chi connectivity index (χ3n) is 2.52. The molecule has 102 valence electrons. The number of hydrogen-bond donors (Lipinski definition) is 0. The molecule has 0 saturated heterocycles. The lowest BCUT2D eigenvalue weighted by molar-refractivity contribution is 0.305. The fourth-order valence-electron chi connectivity index (χ4n) is 1.60. The second-order valence-electron chi connectivity index (χ2n) is 4.00. The first-order chi connectivity index (χ1) is 9.69. The first-order valence-corrected chi connectivity index (χ1v) is 6.82. The van der Waals surface area contributed by atoms with E-state index in [-0.39, 0.29) is 17.5 Å². The van der Waals surface area contributed by atoms with Crippen LogP contribution in [0.2, 0.25) is 5.02 Å². The maximum Gasteiger partial charge on any atom is 0.142 e. The molecule has 2 rings (SSSR count). The van der Waals surface area contributed by atoms with E-state index in [1.807, 2.05) is 24.3 Å². The van der Waals surface area contributed by atoms with E-state index in [0.29, 0.717) is 11.3 Å². The van der Waals surface area contributed by atoms with Crippen LogP contribution in [0.15, 0.2) is 42.5 Å². The normalized spacial score (nSPS) is 9.75. The Morgan fingerprint density at radius 3 is 2.75 bits per heavy atom. The van der Waals surface area contributed by atoms with Crippen molar-refractivity contribution in [2.24, 2.45) is 0 Å². The number of alkyl halides is 1. The molecule has 0 amide bonds. The first kappa shape index (κ1) is 14.7. The summed E-state index contributed by atoms with van der Waals surface area (Å²) in [5.41, 5.74) is 1.54. The Morgan fingerprint density at radius 2 is 2.00 bits per heavy atom. The van der Waals surface area contributed by atoms with Crippen molar-refractivity contribution < 1.29 is 9.13 Å². The fourth-order valence-corrected chi connectivity index (χ4v) is 1.78. The average molecular weight is 309 g/mol. The Kier molecular flexibility index (Phi) is 5.29. The molecule has 0 spiro atoms. The van der Waals surface area contributed by atoms with E-state index in [1.165, 1.54) is 12.1 Å². The molecule has 0 aliphatic carbocycles. The van der Waals surface area contributed by atoms with E-state index in [1.54, 1.807) is 6.07 Å². The van der Waals surface area contributed by atoms with Gasteiger partial charge in [0, 0.05) is 5.56 Å². The molecule has 0 bridgehead atoms. The Hall–Kier alpha value is -1.69. The van der Waals surface area contributed by atoms with Crippen LogP contribution in [0.3, 0.4) is 0 Å². The molecule has 0 radical (unpaired) electrons. The topological polar surface area (TPSA) is 9.23 Å². The quantitative estimate of drug-likeness (QED) is 0.592. The van der Waals surface area contributed by atoms with Gasteiger partial charge in [-0.05, 0) is 35.9 Å². The van der Waals surface area contributed by atoms with Crippen molar-refractivity contribution in [3.05, 3.63) is 64.4 Å². The van der Waals surface area contributed by atoms with Crippen molar-refractivity contribution in [3.8, 4) is 17.6 Å². The minimum absolute atomic E-state index is 0.104. The van der Waals surface area contributed by atoms with Gasteiger partial charge < -0.3 is 4.74 Å². The molecule has 0 heterocycles. The van der Waals surface area contributed by atoms with Crippen LogP contribution in [0.1, 0.15) is 11.1 Å². The Labute approximate surface area is 127 Å². The summed E-state index contributed by atoms with van der Waals surface area (Å²) in [5.74, 6) is 6.19. The van der Waals surface area contributed by atoms with Crippen LogP contribution in [-0.2, 0) is 6.61 Å². The number of rotatable bonds is 3. The van der Waals surface area contributed by atoms with Crippen LogP contribution in [0.4, 0.5) is 4.39 Å². The molecule has 0 saturated carbocycles. The van der Waals surface area contributed by atoms with Gasteiger partial charge in [0.1, 0.15) is 18.2 Å². The van der Waals surface area contributed by atoms with Crippen LogP contribution in [0.5, 0.6) is 5.75 Å². The van der Waals surface area contributed by atoms with Gasteiger partial charge in [-0.1, -0.05) is 35.6 Å². The van der Waals surface area contributed by atoms with Crippen molar-refractivity contribution >= 4 is 23.2 Å². The molecule has 0 aliphatic rings. The van der Waals surface area contributed by atoms with E-state index in [2.05, 4.69) is 11.8 Å². The van der Waals surface area contributed by atoms with Crippen molar-refractivity contribution in [3.63, 3.8) is 0 Å². The Morgan fingerprint density at radius 1 is 1.15 bits per heavy atom. The summed E-state index contributed by atoms with van der Waals surface area (Å²) < 4.78 is 18.9. The van der Waals surface area contributed by atoms with Gasteiger partial charge in [-0.25, -0.2) is 4.39 Å². The summed E-state index contributed by atoms with van der Waals surface area (Å²) in [5, 5.41) is 0.104. The fraction of sp³-hybridized carbons (Fsp3) is 0.125. The van der Waals surface area contributed by atoms with Crippen molar-refractivity contribution in [2.45, 2.75) is 6.61 Å². The SMILES string of the molecule is Fc1cc(COc2cccc(C#CCCl)c2)ccc1Cl. The van der Waals surface area contributed by atoms with Crippen LogP contribution in [0.25, 0.3) is 0 Å². The van der Waals surface area contributed by atoms with Gasteiger partial charge in [0.15, 0.2) is 0 Å². The summed E-state index contributed by atoms with van der Waals surface area (Å²) >= 11 is 11.1. The van der Waals surface area contributed by atoms with Crippen LogP contribution in [0, 0.1) is 17.7 Å². The zero-order valence-corrected chi connectivity index (χ0v) is 12.0. The summed E-state index contributed by atoms with van der Waals surface area (Å²) in [6, 6.07) is 11.9. The molecule has 0 fully saturated rings. The highest BCUT2D eigenvalue weighted by molar-refractivity contribution is 6.30. The Bertz CT molecular complexity index is 659. The molecular formula is C16H11Cl2FO. The smallest absolute Gasteiger partial charge is 0.142 e. The molecule has 0 atom stereocenters. The van der Waals surface area contributed by atoms with Gasteiger partial charge in [0.2, 0.25) is 0 Å². The van der Waals surface area contributed by atoms with Gasteiger partial charge in [0.25, 0.3) is 0 Å². The lowest BCUT2D eigenvalue weighted by Gasteiger charge is -2.07. The van der Waals surface area contributed by atoms with Gasteiger partial charge in [-0.15, -0.1) is 11.6 Å². The number of ether oxygens (including phenoxy) is 1. The standard InChI is InChI=1S/C16H11Cl2FO/c17-8-2-4-12-3-1-5-14(9-12)20-11-13-6-7-15(18)16(19)10-13/h1,3,5-7,9-10H,8,11H2. The third-order valence-corrected chi connectivity index (χ3v) is 2.96. The lowest BCUT2D eigenvalue weighted by Crippen LogP contribution is -1.96. The predicted octanol–water partition coefficient (Wildman–Crippen LogP) is 4.65. The lowest BCUT2D eigenvalue weighted by atomic mass is 10.2. The number of benzene rings is 2. The van der Waals surface area contributed by atoms with Gasteiger partial charge in [-0.2, -0.15) is 0 Å². The van der Waals surface area contributed by atoms with Crippen molar-refractivity contribution in [2.75, 3.05) is 5.88 Å². The van der Waals surface area contributed by atoms with Crippen LogP contribution >= 0.6 is 23.2 Å². The van der Waals surface area contributed by atoms with Crippen LogP contribution in [-0.4, -0.2) is 5.88 Å². The molecule has 0 N–H and O–H groups in total. The zero-order valence-electron chi connectivity index (χ0n) is 10.5. The van der Waals surface area contributed by atoms with Gasteiger partial charge in [-0.3, -0.25) is 0 Å². The highest BCUT2D eigenvalue weighted by Gasteiger charge is 2.02. The zero-order chi connectivity index (χ0) is 14.4. The summed E-state index contributed by atoms with van der Waals surface area (Å²) in [4.78, 5) is 0. The second-order valence-corrected chi connectivity index (χ2v) is 4.67. The molecule has 2 aromatic carbocycles. The molecule has 0 unspecified atom stereocenters. The average Bonchev–Trinajstić information content (AvgIpc) is 2.47. The van der Waals surface area contributed by atoms with E-state index < -0.39 is 5.82 Å². The van der Waals surface area contributed by atoms with E-state index in [9.17, 15) is 4.39 Å². The minimum Gasteiger partial charge on any atom is -0.489 e. The van der Waals surface area contributed by atoms with E-state index in [0.717, 1.165) is 5.56 Å². The van der Waals surface area contributed by atoms with E-state index in [4.69, 9.17) is 27.9 Å². The highest BCUT2D eigenvalue weighted by Crippen LogP contribution is 2.18. The monoisotopic (exact) mass is 308 g/mol. The summed E-state index contributed by atoms with van der Waals surface area (Å²) in [6.45, 7) is 0.264. The minimum atomic E-state index is -0.450. The first-order valence-electron chi connectivity index (χ1n) is 5.90. The van der Waals surface area contributed by atoms with Gasteiger partial charge in [0.05, 0.1) is 10.9 Å². The third kappa shape index (κ3) is 4.16.